The number of nitrogens with one attached hydrogen (secondary N) is 2. The second kappa shape index (κ2) is 9.42. The maximum absolute atomic E-state index is 13.1. The van der Waals surface area contributed by atoms with Crippen molar-refractivity contribution in [3.05, 3.63) is 60.2 Å². The Morgan fingerprint density at radius 2 is 1.69 bits per heavy atom. The summed E-state index contributed by atoms with van der Waals surface area (Å²) in [5.41, 5.74) is 0.795. The molecule has 2 aliphatic rings. The highest BCUT2D eigenvalue weighted by Gasteiger charge is 2.53. The van der Waals surface area contributed by atoms with E-state index in [0.29, 0.717) is 30.9 Å². The lowest BCUT2D eigenvalue weighted by molar-refractivity contribution is -0.136. The summed E-state index contributed by atoms with van der Waals surface area (Å²) in [5, 5.41) is 5.68. The largest absolute Gasteiger partial charge is 0.489 e. The fourth-order valence-electron chi connectivity index (χ4n) is 4.40. The third-order valence-electron chi connectivity index (χ3n) is 6.29. The molecule has 0 unspecified atom stereocenters. The van der Waals surface area contributed by atoms with Crippen LogP contribution in [0.15, 0.2) is 54.6 Å². The lowest BCUT2D eigenvalue weighted by Crippen LogP contribution is -2.49. The summed E-state index contributed by atoms with van der Waals surface area (Å²) in [6.45, 7) is 2.04. The Labute approximate surface area is 188 Å². The molecule has 2 fully saturated rings. The van der Waals surface area contributed by atoms with E-state index in [4.69, 9.17) is 4.74 Å². The molecule has 1 saturated heterocycles. The van der Waals surface area contributed by atoms with Gasteiger partial charge in [0.25, 0.3) is 5.91 Å². The van der Waals surface area contributed by atoms with Gasteiger partial charge in [-0.05, 0) is 49.6 Å². The van der Waals surface area contributed by atoms with Crippen LogP contribution in [0.2, 0.25) is 0 Å². The molecule has 4 amide bonds. The summed E-state index contributed by atoms with van der Waals surface area (Å²) in [7, 11) is 0. The Morgan fingerprint density at radius 3 is 2.34 bits per heavy atom. The van der Waals surface area contributed by atoms with Crippen LogP contribution in [0.25, 0.3) is 0 Å². The SMILES string of the molecule is C[C@@H](C(=O)Nc1ccc(OCc2ccccc2)cc1)N1C(=O)NC2(CCCCCC2)C1=O. The van der Waals surface area contributed by atoms with Crippen molar-refractivity contribution >= 4 is 23.5 Å². The third-order valence-corrected chi connectivity index (χ3v) is 6.29. The second-order valence-corrected chi connectivity index (χ2v) is 8.57. The number of urea groups is 1. The van der Waals surface area contributed by atoms with Crippen molar-refractivity contribution < 1.29 is 19.1 Å². The maximum atomic E-state index is 13.1. The predicted molar refractivity (Wildman–Crippen MR) is 121 cm³/mol. The molecule has 0 bridgehead atoms. The number of hydrogen-bond acceptors (Lipinski definition) is 4. The van der Waals surface area contributed by atoms with E-state index >= 15 is 0 Å². The topological polar surface area (TPSA) is 87.7 Å². The van der Waals surface area contributed by atoms with Gasteiger partial charge in [0.1, 0.15) is 23.9 Å². The highest BCUT2D eigenvalue weighted by atomic mass is 16.5. The van der Waals surface area contributed by atoms with Crippen molar-refractivity contribution in [2.75, 3.05) is 5.32 Å². The van der Waals surface area contributed by atoms with Crippen LogP contribution < -0.4 is 15.4 Å². The Morgan fingerprint density at radius 1 is 1.03 bits per heavy atom. The first-order valence-corrected chi connectivity index (χ1v) is 11.2. The maximum Gasteiger partial charge on any atom is 0.325 e. The van der Waals surface area contributed by atoms with Crippen molar-refractivity contribution in [2.24, 2.45) is 0 Å². The number of benzene rings is 2. The summed E-state index contributed by atoms with van der Waals surface area (Å²) in [6.07, 6.45) is 5.19. The molecule has 2 aromatic carbocycles. The van der Waals surface area contributed by atoms with Gasteiger partial charge in [-0.25, -0.2) is 9.69 Å². The smallest absolute Gasteiger partial charge is 0.325 e. The van der Waals surface area contributed by atoms with Crippen LogP contribution in [0.3, 0.4) is 0 Å². The molecule has 1 aliphatic heterocycles. The van der Waals surface area contributed by atoms with E-state index in [9.17, 15) is 14.4 Å². The summed E-state index contributed by atoms with van der Waals surface area (Å²) < 4.78 is 5.76. The lowest BCUT2D eigenvalue weighted by atomic mass is 9.90. The summed E-state index contributed by atoms with van der Waals surface area (Å²) in [6, 6.07) is 15.5. The van der Waals surface area contributed by atoms with Gasteiger partial charge >= 0.3 is 6.03 Å². The number of hydrogen-bond donors (Lipinski definition) is 2. The molecule has 7 nitrogen and oxygen atoms in total. The van der Waals surface area contributed by atoms with Crippen LogP contribution in [-0.4, -0.2) is 34.3 Å². The van der Waals surface area contributed by atoms with Crippen LogP contribution in [0.4, 0.5) is 10.5 Å². The van der Waals surface area contributed by atoms with Crippen molar-refractivity contribution in [2.45, 2.75) is 63.6 Å². The molecule has 1 aliphatic carbocycles. The van der Waals surface area contributed by atoms with Crippen molar-refractivity contribution in [3.8, 4) is 5.75 Å². The first-order chi connectivity index (χ1) is 15.5. The highest BCUT2D eigenvalue weighted by Crippen LogP contribution is 2.33. The monoisotopic (exact) mass is 435 g/mol. The van der Waals surface area contributed by atoms with E-state index in [2.05, 4.69) is 10.6 Å². The minimum absolute atomic E-state index is 0.281. The molecule has 4 rings (SSSR count). The number of carbonyl (C=O) groups is 3. The molecule has 2 aromatic rings. The van der Waals surface area contributed by atoms with E-state index < -0.39 is 23.5 Å². The number of ether oxygens (including phenoxy) is 1. The average Bonchev–Trinajstić information content (AvgIpc) is 2.94. The first-order valence-electron chi connectivity index (χ1n) is 11.2. The van der Waals surface area contributed by atoms with Gasteiger partial charge in [0.15, 0.2) is 0 Å². The molecule has 1 saturated carbocycles. The molecular weight excluding hydrogens is 406 g/mol. The standard InChI is InChI=1S/C25H29N3O4/c1-18(28-23(30)25(27-24(28)31)15-7-2-3-8-16-25)22(29)26-20-11-13-21(14-12-20)32-17-19-9-5-4-6-10-19/h4-6,9-14,18H,2-3,7-8,15-17H2,1H3,(H,26,29)(H,27,31)/t18-/m0/s1. The summed E-state index contributed by atoms with van der Waals surface area (Å²) >= 11 is 0. The number of anilines is 1. The van der Waals surface area contributed by atoms with Gasteiger partial charge in [-0.1, -0.05) is 56.0 Å². The molecule has 0 radical (unpaired) electrons. The van der Waals surface area contributed by atoms with E-state index in [1.807, 2.05) is 30.3 Å². The van der Waals surface area contributed by atoms with Gasteiger partial charge in [-0.15, -0.1) is 0 Å². The lowest BCUT2D eigenvalue weighted by Gasteiger charge is -2.26. The van der Waals surface area contributed by atoms with Crippen LogP contribution in [-0.2, 0) is 16.2 Å². The number of amides is 4. The van der Waals surface area contributed by atoms with E-state index in [1.54, 1.807) is 31.2 Å². The predicted octanol–water partition coefficient (Wildman–Crippen LogP) is 4.24. The van der Waals surface area contributed by atoms with Gasteiger partial charge in [0.05, 0.1) is 0 Å². The molecule has 2 N–H and O–H groups in total. The molecule has 32 heavy (non-hydrogen) atoms. The first kappa shape index (κ1) is 21.9. The van der Waals surface area contributed by atoms with E-state index in [0.717, 1.165) is 36.1 Å². The average molecular weight is 436 g/mol. The molecule has 7 heteroatoms. The van der Waals surface area contributed by atoms with Gasteiger partial charge in [-0.3, -0.25) is 9.59 Å². The number of imide groups is 1. The zero-order valence-electron chi connectivity index (χ0n) is 18.3. The van der Waals surface area contributed by atoms with Crippen LogP contribution >= 0.6 is 0 Å². The third kappa shape index (κ3) is 4.61. The fourth-order valence-corrected chi connectivity index (χ4v) is 4.40. The zero-order chi connectivity index (χ0) is 22.6. The Bertz CT molecular complexity index is 966. The Kier molecular flexibility index (Phi) is 6.44. The van der Waals surface area contributed by atoms with Crippen LogP contribution in [0, 0.1) is 0 Å². The van der Waals surface area contributed by atoms with Crippen LogP contribution in [0.5, 0.6) is 5.75 Å². The van der Waals surface area contributed by atoms with Gasteiger partial charge in [0, 0.05) is 5.69 Å². The quantitative estimate of drug-likeness (QED) is 0.665. The minimum Gasteiger partial charge on any atom is -0.489 e. The Balaban J connectivity index is 1.36. The normalized spacial score (nSPS) is 18.7. The summed E-state index contributed by atoms with van der Waals surface area (Å²) in [5.74, 6) is -0.00172. The van der Waals surface area contributed by atoms with Gasteiger partial charge in [-0.2, -0.15) is 0 Å². The molecule has 1 atom stereocenters. The minimum atomic E-state index is -0.904. The zero-order valence-corrected chi connectivity index (χ0v) is 18.3. The molecule has 168 valence electrons. The van der Waals surface area contributed by atoms with E-state index in [-0.39, 0.29) is 5.91 Å². The molecular formula is C25H29N3O4. The van der Waals surface area contributed by atoms with Crippen molar-refractivity contribution in [1.29, 1.82) is 0 Å². The van der Waals surface area contributed by atoms with Gasteiger partial charge < -0.3 is 15.4 Å². The van der Waals surface area contributed by atoms with Gasteiger partial charge in [0.2, 0.25) is 5.91 Å². The fraction of sp³-hybridized carbons (Fsp3) is 0.400. The number of carbonyl (C=O) groups excluding carboxylic acids is 3. The summed E-state index contributed by atoms with van der Waals surface area (Å²) in [4.78, 5) is 39.6. The molecule has 1 spiro atoms. The highest BCUT2D eigenvalue weighted by molar-refractivity contribution is 6.11. The van der Waals surface area contributed by atoms with E-state index in [1.165, 1.54) is 0 Å². The molecule has 0 aromatic heterocycles. The molecule has 1 heterocycles. The number of nitrogens with zero attached hydrogens (tertiary/aromatic N) is 1. The number of rotatable bonds is 6. The van der Waals surface area contributed by atoms with Crippen LogP contribution in [0.1, 0.15) is 51.0 Å². The Hall–Kier alpha value is -3.35. The van der Waals surface area contributed by atoms with Crippen molar-refractivity contribution in [3.63, 3.8) is 0 Å². The second-order valence-electron chi connectivity index (χ2n) is 8.57. The van der Waals surface area contributed by atoms with Crippen molar-refractivity contribution in [1.82, 2.24) is 10.2 Å².